The lowest BCUT2D eigenvalue weighted by atomic mass is 10.1. The molecule has 0 fully saturated rings. The second-order valence-corrected chi connectivity index (χ2v) is 12.1. The lowest BCUT2D eigenvalue weighted by Gasteiger charge is -2.10. The molecule has 0 unspecified atom stereocenters. The average Bonchev–Trinajstić information content (AvgIpc) is 3.64. The maximum absolute atomic E-state index is 5.95. The van der Waals surface area contributed by atoms with Crippen LogP contribution >= 0.6 is 45.2 Å². The van der Waals surface area contributed by atoms with Crippen molar-refractivity contribution in [2.24, 2.45) is 0 Å². The summed E-state index contributed by atoms with van der Waals surface area (Å²) in [6.07, 6.45) is 0. The number of benzene rings is 3. The standard InChI is InChI=1S/C32H32I2N6O6/c33-31-29-23-2-1-3-24(22-23)30-32(34)40(38-36-30)13-15-44-26-6-10-28(11-7-26)46-21-19-42-17-16-41-18-20-45-27-8-4-25(5-9-27)43-14-12-39(31)37-35-29/h1-11,22H,12-21H2. The van der Waals surface area contributed by atoms with Gasteiger partial charge in [-0.1, -0.05) is 28.6 Å². The van der Waals surface area contributed by atoms with Crippen LogP contribution in [0.4, 0.5) is 0 Å². The number of nitrogens with zero attached hydrogens (tertiary/aromatic N) is 6. The van der Waals surface area contributed by atoms with Crippen LogP contribution in [0, 0.1) is 7.40 Å². The van der Waals surface area contributed by atoms with E-state index in [0.29, 0.717) is 65.9 Å². The molecule has 0 N–H and O–H groups in total. The van der Waals surface area contributed by atoms with Gasteiger partial charge in [0, 0.05) is 11.1 Å². The maximum Gasteiger partial charge on any atom is 0.127 e. The van der Waals surface area contributed by atoms with Gasteiger partial charge in [-0.25, -0.2) is 9.36 Å². The second-order valence-electron chi connectivity index (χ2n) is 10.0. The summed E-state index contributed by atoms with van der Waals surface area (Å²) >= 11 is 4.56. The molecule has 3 aliphatic heterocycles. The van der Waals surface area contributed by atoms with Gasteiger partial charge in [0.15, 0.2) is 0 Å². The zero-order chi connectivity index (χ0) is 31.6. The molecule has 3 aliphatic rings. The van der Waals surface area contributed by atoms with Crippen molar-refractivity contribution >= 4 is 45.2 Å². The number of aromatic nitrogens is 6. The molecular formula is C32H32I2N6O6. The summed E-state index contributed by atoms with van der Waals surface area (Å²) in [5.74, 6) is 3.00. The molecule has 0 radical (unpaired) electrons. The molecule has 0 saturated heterocycles. The summed E-state index contributed by atoms with van der Waals surface area (Å²) in [7, 11) is 0. The molecule has 0 atom stereocenters. The van der Waals surface area contributed by atoms with Crippen molar-refractivity contribution in [3.8, 4) is 45.5 Å². The topological polar surface area (TPSA) is 117 Å². The first kappa shape index (κ1) is 32.5. The molecule has 3 aromatic carbocycles. The number of ether oxygens (including phenoxy) is 6. The number of fused-ring (bicyclic) bond motifs is 2. The van der Waals surface area contributed by atoms with Crippen LogP contribution in [0.25, 0.3) is 22.5 Å². The smallest absolute Gasteiger partial charge is 0.127 e. The van der Waals surface area contributed by atoms with Crippen molar-refractivity contribution < 1.29 is 28.4 Å². The summed E-state index contributed by atoms with van der Waals surface area (Å²) in [5.41, 5.74) is 3.50. The third kappa shape index (κ3) is 8.65. The molecule has 8 rings (SSSR count). The minimum absolute atomic E-state index is 0.442. The normalized spacial score (nSPS) is 15.3. The highest BCUT2D eigenvalue weighted by Gasteiger charge is 2.17. The molecule has 240 valence electrons. The predicted molar refractivity (Wildman–Crippen MR) is 186 cm³/mol. The largest absolute Gasteiger partial charge is 0.492 e. The maximum atomic E-state index is 5.95. The van der Waals surface area contributed by atoms with Gasteiger partial charge in [0.25, 0.3) is 0 Å². The summed E-state index contributed by atoms with van der Waals surface area (Å²) in [4.78, 5) is 0. The van der Waals surface area contributed by atoms with Crippen LogP contribution in [0.3, 0.4) is 0 Å². The number of hydrogen-bond donors (Lipinski definition) is 0. The molecule has 10 bridgehead atoms. The summed E-state index contributed by atoms with van der Waals surface area (Å²) < 4.78 is 40.2. The van der Waals surface area contributed by atoms with Crippen LogP contribution < -0.4 is 18.9 Å². The van der Waals surface area contributed by atoms with Crippen molar-refractivity contribution in [2.75, 3.05) is 52.9 Å². The van der Waals surface area contributed by atoms with Crippen molar-refractivity contribution in [2.45, 2.75) is 13.1 Å². The molecule has 14 heteroatoms. The van der Waals surface area contributed by atoms with E-state index < -0.39 is 0 Å². The molecule has 0 aliphatic carbocycles. The van der Waals surface area contributed by atoms with E-state index in [1.54, 1.807) is 0 Å². The molecule has 12 nitrogen and oxygen atoms in total. The van der Waals surface area contributed by atoms with E-state index in [9.17, 15) is 0 Å². The Labute approximate surface area is 293 Å². The van der Waals surface area contributed by atoms with Crippen molar-refractivity contribution in [1.29, 1.82) is 0 Å². The summed E-state index contributed by atoms with van der Waals surface area (Å²) in [6, 6.07) is 23.2. The number of rotatable bonds is 0. The van der Waals surface area contributed by atoms with Gasteiger partial charge in [-0.3, -0.25) is 0 Å². The summed E-state index contributed by atoms with van der Waals surface area (Å²) in [5, 5.41) is 17.7. The third-order valence-corrected chi connectivity index (χ3v) is 9.05. The van der Waals surface area contributed by atoms with Gasteiger partial charge >= 0.3 is 0 Å². The molecule has 5 aromatic rings. The second kappa shape index (κ2) is 16.4. The fourth-order valence-corrected chi connectivity index (χ4v) is 6.09. The highest BCUT2D eigenvalue weighted by molar-refractivity contribution is 14.1. The predicted octanol–water partition coefficient (Wildman–Crippen LogP) is 5.38. The number of halogens is 2. The molecule has 0 saturated carbocycles. The SMILES string of the molecule is Ic1c2nnn1CCOc1ccc(cc1)OCCOCCOCCOc1ccc(cc1)OCCn1nnc(c1I)-c1cccc-2c1. The average molecular weight is 850 g/mol. The molecule has 46 heavy (non-hydrogen) atoms. The monoisotopic (exact) mass is 850 g/mol. The van der Waals surface area contributed by atoms with Gasteiger partial charge in [-0.05, 0) is 99.8 Å². The van der Waals surface area contributed by atoms with E-state index in [2.05, 4.69) is 71.9 Å². The van der Waals surface area contributed by atoms with Gasteiger partial charge in [0.05, 0.1) is 39.5 Å². The van der Waals surface area contributed by atoms with E-state index in [0.717, 1.165) is 52.9 Å². The van der Waals surface area contributed by atoms with E-state index in [1.807, 2.05) is 76.1 Å². The Bertz CT molecular complexity index is 1580. The molecular weight excluding hydrogens is 818 g/mol. The van der Waals surface area contributed by atoms with E-state index in [1.165, 1.54) is 0 Å². The fourth-order valence-electron chi connectivity index (χ4n) is 4.58. The Balaban J connectivity index is 1.14. The third-order valence-electron chi connectivity index (χ3n) is 6.91. The van der Waals surface area contributed by atoms with Gasteiger partial charge in [-0.2, -0.15) is 0 Å². The Morgan fingerprint density at radius 3 is 1.26 bits per heavy atom. The molecule has 2 aromatic heterocycles. The van der Waals surface area contributed by atoms with Crippen molar-refractivity contribution in [1.82, 2.24) is 30.0 Å². The van der Waals surface area contributed by atoms with Gasteiger partial charge in [0.2, 0.25) is 0 Å². The van der Waals surface area contributed by atoms with Crippen LogP contribution in [-0.2, 0) is 22.6 Å². The van der Waals surface area contributed by atoms with E-state index in [4.69, 9.17) is 28.4 Å². The van der Waals surface area contributed by atoms with Crippen molar-refractivity contribution in [3.63, 3.8) is 0 Å². The van der Waals surface area contributed by atoms with Crippen LogP contribution in [0.1, 0.15) is 0 Å². The van der Waals surface area contributed by atoms with Crippen LogP contribution in [0.15, 0.2) is 72.8 Å². The lowest BCUT2D eigenvalue weighted by Crippen LogP contribution is -2.13. The lowest BCUT2D eigenvalue weighted by molar-refractivity contribution is 0.0273. The van der Waals surface area contributed by atoms with Gasteiger partial charge in [0.1, 0.15) is 68.2 Å². The number of hydrogen-bond acceptors (Lipinski definition) is 10. The Morgan fingerprint density at radius 2 is 0.848 bits per heavy atom. The minimum atomic E-state index is 0.442. The molecule has 5 heterocycles. The van der Waals surface area contributed by atoms with Gasteiger partial charge < -0.3 is 28.4 Å². The quantitative estimate of drug-likeness (QED) is 0.188. The minimum Gasteiger partial charge on any atom is -0.492 e. The van der Waals surface area contributed by atoms with Crippen LogP contribution in [-0.4, -0.2) is 82.8 Å². The summed E-state index contributed by atoms with van der Waals surface area (Å²) in [6.45, 7) is 4.77. The fraction of sp³-hybridized carbons (Fsp3) is 0.312. The molecule has 0 amide bonds. The van der Waals surface area contributed by atoms with E-state index in [-0.39, 0.29) is 0 Å². The Morgan fingerprint density at radius 1 is 0.478 bits per heavy atom. The van der Waals surface area contributed by atoms with E-state index >= 15 is 0 Å². The Kier molecular flexibility index (Phi) is 11.6. The molecule has 0 spiro atoms. The zero-order valence-corrected chi connectivity index (χ0v) is 29.2. The zero-order valence-electron chi connectivity index (χ0n) is 24.9. The van der Waals surface area contributed by atoms with Crippen molar-refractivity contribution in [3.05, 3.63) is 80.2 Å². The first-order valence-electron chi connectivity index (χ1n) is 14.8. The first-order valence-corrected chi connectivity index (χ1v) is 17.0. The first-order chi connectivity index (χ1) is 22.6. The highest BCUT2D eigenvalue weighted by atomic mass is 127. The Hall–Kier alpha value is -3.48. The van der Waals surface area contributed by atoms with Crippen LogP contribution in [0.5, 0.6) is 23.0 Å². The van der Waals surface area contributed by atoms with Gasteiger partial charge in [-0.15, -0.1) is 10.2 Å². The van der Waals surface area contributed by atoms with Crippen LogP contribution in [0.2, 0.25) is 0 Å². The highest BCUT2D eigenvalue weighted by Crippen LogP contribution is 2.29.